The monoisotopic (exact) mass is 456 g/mol. The zero-order valence-electron chi connectivity index (χ0n) is 22.1. The van der Waals surface area contributed by atoms with Crippen LogP contribution in [0.5, 0.6) is 0 Å². The summed E-state index contributed by atoms with van der Waals surface area (Å²) in [4.78, 5) is 0. The Morgan fingerprint density at radius 3 is 1.53 bits per heavy atom. The molecule has 1 unspecified atom stereocenters. The fraction of sp³-hybridized carbons (Fsp3) is 1.00. The number of epoxide rings is 1. The van der Waals surface area contributed by atoms with E-state index in [2.05, 4.69) is 19.2 Å². The van der Waals surface area contributed by atoms with Crippen molar-refractivity contribution in [1.82, 2.24) is 5.32 Å². The molecule has 1 aliphatic rings. The molecule has 0 spiro atoms. The molecule has 194 valence electrons. The zero-order valence-corrected chi connectivity index (χ0v) is 22.1. The van der Waals surface area contributed by atoms with Gasteiger partial charge in [0.15, 0.2) is 0 Å². The second kappa shape index (κ2) is 28.9. The average molecular weight is 457 g/mol. The molecule has 0 aromatic carbocycles. The lowest BCUT2D eigenvalue weighted by Gasteiger charge is -2.04. The van der Waals surface area contributed by atoms with Crippen LogP contribution in [0.15, 0.2) is 0 Å². The number of ether oxygens (including phenoxy) is 2. The van der Waals surface area contributed by atoms with Crippen LogP contribution in [0.25, 0.3) is 0 Å². The van der Waals surface area contributed by atoms with Crippen LogP contribution in [0, 0.1) is 0 Å². The molecule has 1 aliphatic heterocycles. The average Bonchev–Trinajstić information content (AvgIpc) is 3.63. The number of nitrogens with one attached hydrogen (secondary N) is 1. The van der Waals surface area contributed by atoms with Crippen LogP contribution in [-0.2, 0) is 9.47 Å². The molecule has 0 aliphatic carbocycles. The van der Waals surface area contributed by atoms with E-state index in [0.29, 0.717) is 6.10 Å². The molecular formula is C28H60N2O2. The number of hydrogen-bond donors (Lipinski definition) is 2. The molecule has 0 aromatic heterocycles. The molecule has 1 rings (SSSR count). The Morgan fingerprint density at radius 1 is 0.656 bits per heavy atom. The van der Waals surface area contributed by atoms with Crippen LogP contribution in [0.4, 0.5) is 0 Å². The summed E-state index contributed by atoms with van der Waals surface area (Å²) < 4.78 is 10.2. The van der Waals surface area contributed by atoms with E-state index in [1.165, 1.54) is 122 Å². The normalized spacial score (nSPS) is 14.9. The summed E-state index contributed by atoms with van der Waals surface area (Å²) in [5, 5.41) is 3.46. The summed E-state index contributed by atoms with van der Waals surface area (Å²) in [6.07, 6.45) is 27.0. The maximum atomic E-state index is 5.47. The summed E-state index contributed by atoms with van der Waals surface area (Å²) in [5.74, 6) is 0. The van der Waals surface area contributed by atoms with Crippen LogP contribution in [0.1, 0.15) is 136 Å². The molecule has 0 saturated carbocycles. The minimum atomic E-state index is 0.432. The Bertz CT molecular complexity index is 305. The van der Waals surface area contributed by atoms with Crippen LogP contribution < -0.4 is 11.1 Å². The standard InChI is InChI=1S/C21H46N2.C7H14O2/c1-2-3-4-5-6-7-8-9-10-11-12-13-14-15-16-17-20-23-21-18-19-22;1-2-3-4-8-5-7-6-9-7/h23H,2-22H2,1H3;7H,2-6H2,1H3. The molecule has 4 heteroatoms. The van der Waals surface area contributed by atoms with Crippen LogP contribution >= 0.6 is 0 Å². The van der Waals surface area contributed by atoms with Crippen molar-refractivity contribution in [2.45, 2.75) is 142 Å². The Balaban J connectivity index is 0.000000879. The van der Waals surface area contributed by atoms with E-state index >= 15 is 0 Å². The fourth-order valence-corrected chi connectivity index (χ4v) is 3.78. The molecule has 1 saturated heterocycles. The van der Waals surface area contributed by atoms with Crippen molar-refractivity contribution in [2.75, 3.05) is 39.5 Å². The van der Waals surface area contributed by atoms with E-state index in [0.717, 1.165) is 39.3 Å². The van der Waals surface area contributed by atoms with Gasteiger partial charge in [0.05, 0.1) is 13.2 Å². The second-order valence-electron chi connectivity index (χ2n) is 9.58. The van der Waals surface area contributed by atoms with Crippen molar-refractivity contribution in [1.29, 1.82) is 0 Å². The third kappa shape index (κ3) is 29.8. The molecule has 1 atom stereocenters. The van der Waals surface area contributed by atoms with Gasteiger partial charge in [-0.25, -0.2) is 0 Å². The van der Waals surface area contributed by atoms with Gasteiger partial charge in [0, 0.05) is 6.61 Å². The zero-order chi connectivity index (χ0) is 23.4. The van der Waals surface area contributed by atoms with E-state index in [1.807, 2.05) is 0 Å². The molecule has 1 fully saturated rings. The Hall–Kier alpha value is -0.160. The Morgan fingerprint density at radius 2 is 1.09 bits per heavy atom. The Kier molecular flexibility index (Phi) is 28.7. The van der Waals surface area contributed by atoms with E-state index in [-0.39, 0.29) is 0 Å². The lowest BCUT2D eigenvalue weighted by Crippen LogP contribution is -2.19. The van der Waals surface area contributed by atoms with Gasteiger partial charge in [-0.15, -0.1) is 0 Å². The highest BCUT2D eigenvalue weighted by atomic mass is 16.6. The predicted molar refractivity (Wildman–Crippen MR) is 142 cm³/mol. The highest BCUT2D eigenvalue weighted by Crippen LogP contribution is 2.13. The van der Waals surface area contributed by atoms with Gasteiger partial charge in [0.2, 0.25) is 0 Å². The van der Waals surface area contributed by atoms with E-state index in [1.54, 1.807) is 0 Å². The van der Waals surface area contributed by atoms with Crippen LogP contribution in [-0.4, -0.2) is 45.6 Å². The summed E-state index contributed by atoms with van der Waals surface area (Å²) in [6, 6.07) is 0. The molecule has 4 nitrogen and oxygen atoms in total. The third-order valence-electron chi connectivity index (χ3n) is 6.11. The van der Waals surface area contributed by atoms with Gasteiger partial charge in [-0.05, 0) is 38.9 Å². The molecule has 0 bridgehead atoms. The SMILES string of the molecule is CCCCCCCCCCCCCCCCCCNCCCN.CCCCOCC1CO1. The minimum absolute atomic E-state index is 0.432. The summed E-state index contributed by atoms with van der Waals surface area (Å²) in [7, 11) is 0. The topological polar surface area (TPSA) is 59.8 Å². The number of rotatable bonds is 25. The second-order valence-corrected chi connectivity index (χ2v) is 9.58. The van der Waals surface area contributed by atoms with Crippen LogP contribution in [0.3, 0.4) is 0 Å². The summed E-state index contributed by atoms with van der Waals surface area (Å²) in [6.45, 7) is 10.2. The van der Waals surface area contributed by atoms with Gasteiger partial charge in [-0.2, -0.15) is 0 Å². The first-order valence-electron chi connectivity index (χ1n) is 14.4. The number of nitrogens with two attached hydrogens (primary N) is 1. The maximum absolute atomic E-state index is 5.47. The third-order valence-corrected chi connectivity index (χ3v) is 6.11. The van der Waals surface area contributed by atoms with Crippen molar-refractivity contribution in [3.05, 3.63) is 0 Å². The molecule has 0 aromatic rings. The van der Waals surface area contributed by atoms with Gasteiger partial charge < -0.3 is 20.5 Å². The van der Waals surface area contributed by atoms with Gasteiger partial charge in [0.25, 0.3) is 0 Å². The largest absolute Gasteiger partial charge is 0.379 e. The first-order chi connectivity index (χ1) is 15.8. The van der Waals surface area contributed by atoms with Gasteiger partial charge in [-0.1, -0.05) is 117 Å². The van der Waals surface area contributed by atoms with Crippen molar-refractivity contribution < 1.29 is 9.47 Å². The predicted octanol–water partition coefficient (Wildman–Crippen LogP) is 7.39. The highest BCUT2D eigenvalue weighted by Gasteiger charge is 2.21. The lowest BCUT2D eigenvalue weighted by atomic mass is 10.0. The van der Waals surface area contributed by atoms with Crippen molar-refractivity contribution >= 4 is 0 Å². The first-order valence-corrected chi connectivity index (χ1v) is 14.4. The minimum Gasteiger partial charge on any atom is -0.379 e. The smallest absolute Gasteiger partial charge is 0.104 e. The first kappa shape index (κ1) is 31.8. The van der Waals surface area contributed by atoms with Gasteiger partial charge in [-0.3, -0.25) is 0 Å². The summed E-state index contributed by atoms with van der Waals surface area (Å²) in [5.41, 5.74) is 5.47. The Labute approximate surface area is 202 Å². The number of unbranched alkanes of at least 4 members (excludes halogenated alkanes) is 16. The number of hydrogen-bond acceptors (Lipinski definition) is 4. The van der Waals surface area contributed by atoms with Gasteiger partial charge in [0.1, 0.15) is 6.10 Å². The summed E-state index contributed by atoms with van der Waals surface area (Å²) >= 11 is 0. The molecule has 1 heterocycles. The van der Waals surface area contributed by atoms with E-state index in [9.17, 15) is 0 Å². The molecular weight excluding hydrogens is 396 g/mol. The quantitative estimate of drug-likeness (QED) is 0.111. The van der Waals surface area contributed by atoms with E-state index in [4.69, 9.17) is 15.2 Å². The van der Waals surface area contributed by atoms with Crippen molar-refractivity contribution in [2.24, 2.45) is 5.73 Å². The molecule has 0 radical (unpaired) electrons. The lowest BCUT2D eigenvalue weighted by molar-refractivity contribution is 0.114. The molecule has 0 amide bonds. The fourth-order valence-electron chi connectivity index (χ4n) is 3.78. The molecule has 3 N–H and O–H groups in total. The van der Waals surface area contributed by atoms with Crippen LogP contribution in [0.2, 0.25) is 0 Å². The maximum Gasteiger partial charge on any atom is 0.104 e. The van der Waals surface area contributed by atoms with Crippen molar-refractivity contribution in [3.63, 3.8) is 0 Å². The van der Waals surface area contributed by atoms with E-state index < -0.39 is 0 Å². The van der Waals surface area contributed by atoms with Gasteiger partial charge >= 0.3 is 0 Å². The van der Waals surface area contributed by atoms with Crippen molar-refractivity contribution in [3.8, 4) is 0 Å². The molecule has 32 heavy (non-hydrogen) atoms. The highest BCUT2D eigenvalue weighted by molar-refractivity contribution is 4.66.